The van der Waals surface area contributed by atoms with Gasteiger partial charge in [0.25, 0.3) is 0 Å². The Bertz CT molecular complexity index is 267. The van der Waals surface area contributed by atoms with Crippen molar-refractivity contribution >= 4 is 5.97 Å². The van der Waals surface area contributed by atoms with Crippen molar-refractivity contribution in [1.29, 1.82) is 0 Å². The lowest BCUT2D eigenvalue weighted by molar-refractivity contribution is -0.290. The number of ether oxygens (including phenoxy) is 3. The second kappa shape index (κ2) is 5.77. The third-order valence-corrected chi connectivity index (χ3v) is 2.77. The van der Waals surface area contributed by atoms with E-state index in [0.717, 1.165) is 0 Å². The van der Waals surface area contributed by atoms with Gasteiger partial charge in [-0.15, -0.1) is 0 Å². The quantitative estimate of drug-likeness (QED) is 0.665. The minimum atomic E-state index is -1.17. The van der Waals surface area contributed by atoms with Gasteiger partial charge in [-0.2, -0.15) is 0 Å². The van der Waals surface area contributed by atoms with Crippen LogP contribution in [0.5, 0.6) is 0 Å². The lowest BCUT2D eigenvalue weighted by Gasteiger charge is -2.40. The van der Waals surface area contributed by atoms with E-state index in [1.807, 2.05) is 0 Å². The van der Waals surface area contributed by atoms with E-state index in [2.05, 4.69) is 4.74 Å². The molecule has 100 valence electrons. The standard InChI is InChI=1S/C11H20O6/c1-5(2)16-11-8(13)7(12)6(3)9(17-11)10(14)15-4/h5-9,11-13H,1-4H3/t6-,7-,8+,9-,11?/m0/s1. The molecule has 0 aromatic carbocycles. The molecule has 1 unspecified atom stereocenters. The molecule has 1 saturated heterocycles. The second-order valence-electron chi connectivity index (χ2n) is 4.47. The molecule has 0 aromatic heterocycles. The molecule has 5 atom stereocenters. The summed E-state index contributed by atoms with van der Waals surface area (Å²) in [6.07, 6.45) is -4.40. The Balaban J connectivity index is 2.78. The van der Waals surface area contributed by atoms with Crippen LogP contribution < -0.4 is 0 Å². The van der Waals surface area contributed by atoms with E-state index >= 15 is 0 Å². The number of carbonyl (C=O) groups excluding carboxylic acids is 1. The maximum absolute atomic E-state index is 11.5. The maximum atomic E-state index is 11.5. The number of carbonyl (C=O) groups is 1. The van der Waals surface area contributed by atoms with Gasteiger partial charge in [-0.05, 0) is 13.8 Å². The molecule has 1 aliphatic rings. The van der Waals surface area contributed by atoms with E-state index in [4.69, 9.17) is 9.47 Å². The minimum absolute atomic E-state index is 0.187. The van der Waals surface area contributed by atoms with Crippen LogP contribution in [-0.2, 0) is 19.0 Å². The molecular weight excluding hydrogens is 228 g/mol. The summed E-state index contributed by atoms with van der Waals surface area (Å²) < 4.78 is 15.2. The predicted molar refractivity (Wildman–Crippen MR) is 58.1 cm³/mol. The number of esters is 1. The highest BCUT2D eigenvalue weighted by Crippen LogP contribution is 2.27. The molecule has 17 heavy (non-hydrogen) atoms. The van der Waals surface area contributed by atoms with Crippen LogP contribution in [0.4, 0.5) is 0 Å². The Morgan fingerprint density at radius 3 is 2.35 bits per heavy atom. The van der Waals surface area contributed by atoms with Crippen molar-refractivity contribution < 1.29 is 29.2 Å². The smallest absolute Gasteiger partial charge is 0.335 e. The van der Waals surface area contributed by atoms with Gasteiger partial charge in [0.15, 0.2) is 12.4 Å². The topological polar surface area (TPSA) is 85.2 Å². The molecule has 0 radical (unpaired) electrons. The summed E-state index contributed by atoms with van der Waals surface area (Å²) in [6.45, 7) is 5.16. The average molecular weight is 248 g/mol. The molecule has 1 fully saturated rings. The summed E-state index contributed by atoms with van der Waals surface area (Å²) in [5, 5.41) is 19.6. The molecule has 0 spiro atoms. The molecule has 1 aliphatic heterocycles. The minimum Gasteiger partial charge on any atom is -0.467 e. The molecule has 0 aliphatic carbocycles. The lowest BCUT2D eigenvalue weighted by atomic mass is 9.90. The first-order valence-corrected chi connectivity index (χ1v) is 5.63. The van der Waals surface area contributed by atoms with E-state index in [9.17, 15) is 15.0 Å². The Kier molecular flexibility index (Phi) is 4.88. The van der Waals surface area contributed by atoms with Crippen LogP contribution in [-0.4, -0.2) is 54.0 Å². The zero-order chi connectivity index (χ0) is 13.2. The van der Waals surface area contributed by atoms with Crippen molar-refractivity contribution in [3.63, 3.8) is 0 Å². The summed E-state index contributed by atoms with van der Waals surface area (Å²) >= 11 is 0. The highest BCUT2D eigenvalue weighted by Gasteiger charge is 2.46. The normalized spacial score (nSPS) is 38.2. The fraction of sp³-hybridized carbons (Fsp3) is 0.909. The molecule has 2 N–H and O–H groups in total. The Labute approximate surface area is 100 Å². The molecule has 1 heterocycles. The third-order valence-electron chi connectivity index (χ3n) is 2.77. The predicted octanol–water partition coefficient (Wildman–Crippen LogP) is -0.333. The number of methoxy groups -OCH3 is 1. The highest BCUT2D eigenvalue weighted by molar-refractivity contribution is 5.75. The fourth-order valence-electron chi connectivity index (χ4n) is 1.77. The SMILES string of the molecule is COC(=O)[C@H]1OC(OC(C)C)[C@H](O)[C@@H](O)[C@@H]1C. The average Bonchev–Trinajstić information content (AvgIpc) is 2.28. The number of hydrogen-bond acceptors (Lipinski definition) is 6. The van der Waals surface area contributed by atoms with Crippen LogP contribution in [0.1, 0.15) is 20.8 Å². The number of rotatable bonds is 3. The Morgan fingerprint density at radius 1 is 1.29 bits per heavy atom. The van der Waals surface area contributed by atoms with E-state index < -0.39 is 36.5 Å². The molecule has 0 aromatic rings. The molecule has 0 bridgehead atoms. The van der Waals surface area contributed by atoms with Gasteiger partial charge in [-0.3, -0.25) is 0 Å². The van der Waals surface area contributed by atoms with Crippen LogP contribution >= 0.6 is 0 Å². The first-order valence-electron chi connectivity index (χ1n) is 5.63. The van der Waals surface area contributed by atoms with Gasteiger partial charge in [0.2, 0.25) is 0 Å². The summed E-state index contributed by atoms with van der Waals surface area (Å²) in [5.74, 6) is -1.13. The number of aliphatic hydroxyl groups excluding tert-OH is 2. The first kappa shape index (κ1) is 14.4. The zero-order valence-corrected chi connectivity index (χ0v) is 10.5. The van der Waals surface area contributed by atoms with Gasteiger partial charge >= 0.3 is 5.97 Å². The summed E-state index contributed by atoms with van der Waals surface area (Å²) in [7, 11) is 1.24. The van der Waals surface area contributed by atoms with Gasteiger partial charge in [-0.1, -0.05) is 6.92 Å². The monoisotopic (exact) mass is 248 g/mol. The third kappa shape index (κ3) is 3.16. The van der Waals surface area contributed by atoms with E-state index in [0.29, 0.717) is 0 Å². The zero-order valence-electron chi connectivity index (χ0n) is 10.5. The molecule has 6 nitrogen and oxygen atoms in total. The van der Waals surface area contributed by atoms with Gasteiger partial charge in [-0.25, -0.2) is 4.79 Å². The second-order valence-corrected chi connectivity index (χ2v) is 4.47. The lowest BCUT2D eigenvalue weighted by Crippen LogP contribution is -2.57. The highest BCUT2D eigenvalue weighted by atomic mass is 16.7. The van der Waals surface area contributed by atoms with Crippen LogP contribution in [0, 0.1) is 5.92 Å². The van der Waals surface area contributed by atoms with Gasteiger partial charge in [0, 0.05) is 5.92 Å². The van der Waals surface area contributed by atoms with E-state index in [1.165, 1.54) is 7.11 Å². The van der Waals surface area contributed by atoms with E-state index in [1.54, 1.807) is 20.8 Å². The molecular formula is C11H20O6. The molecule has 6 heteroatoms. The van der Waals surface area contributed by atoms with Crippen molar-refractivity contribution in [2.45, 2.75) is 51.5 Å². The van der Waals surface area contributed by atoms with Crippen molar-refractivity contribution in [3.05, 3.63) is 0 Å². The first-order chi connectivity index (χ1) is 7.88. The van der Waals surface area contributed by atoms with Crippen LogP contribution in [0.15, 0.2) is 0 Å². The van der Waals surface area contributed by atoms with Crippen LogP contribution in [0.3, 0.4) is 0 Å². The van der Waals surface area contributed by atoms with Crippen molar-refractivity contribution in [2.75, 3.05) is 7.11 Å². The largest absolute Gasteiger partial charge is 0.467 e. The van der Waals surface area contributed by atoms with Crippen molar-refractivity contribution in [3.8, 4) is 0 Å². The summed E-state index contributed by atoms with van der Waals surface area (Å²) in [6, 6.07) is 0. The van der Waals surface area contributed by atoms with Gasteiger partial charge in [0.05, 0.1) is 19.3 Å². The fourth-order valence-corrected chi connectivity index (χ4v) is 1.77. The van der Waals surface area contributed by atoms with Crippen molar-refractivity contribution in [1.82, 2.24) is 0 Å². The number of hydrogen-bond donors (Lipinski definition) is 2. The number of aliphatic hydroxyl groups is 2. The Hall–Kier alpha value is -0.690. The Morgan fingerprint density at radius 2 is 1.88 bits per heavy atom. The summed E-state index contributed by atoms with van der Waals surface area (Å²) in [5.41, 5.74) is 0. The van der Waals surface area contributed by atoms with Crippen LogP contribution in [0.25, 0.3) is 0 Å². The van der Waals surface area contributed by atoms with Crippen molar-refractivity contribution in [2.24, 2.45) is 5.92 Å². The molecule has 0 saturated carbocycles. The maximum Gasteiger partial charge on any atom is 0.335 e. The molecule has 0 amide bonds. The molecule has 1 rings (SSSR count). The van der Waals surface area contributed by atoms with E-state index in [-0.39, 0.29) is 6.10 Å². The van der Waals surface area contributed by atoms with Gasteiger partial charge in [0.1, 0.15) is 6.10 Å². The van der Waals surface area contributed by atoms with Gasteiger partial charge < -0.3 is 24.4 Å². The summed E-state index contributed by atoms with van der Waals surface area (Å²) in [4.78, 5) is 11.5. The van der Waals surface area contributed by atoms with Crippen LogP contribution in [0.2, 0.25) is 0 Å².